The third kappa shape index (κ3) is 4.97. The first-order valence-corrected chi connectivity index (χ1v) is 6.58. The summed E-state index contributed by atoms with van der Waals surface area (Å²) >= 11 is 0. The summed E-state index contributed by atoms with van der Waals surface area (Å²) in [6.45, 7) is 6.31. The van der Waals surface area contributed by atoms with Gasteiger partial charge in [-0.2, -0.15) is 0 Å². The number of amides is 1. The molecule has 0 radical (unpaired) electrons. The number of hydrogen-bond donors (Lipinski definition) is 2. The van der Waals surface area contributed by atoms with E-state index in [1.165, 1.54) is 12.8 Å². The lowest BCUT2D eigenvalue weighted by molar-refractivity contribution is -0.123. The number of hydrogen-bond acceptors (Lipinski definition) is 2. The van der Waals surface area contributed by atoms with Crippen molar-refractivity contribution in [2.75, 3.05) is 0 Å². The van der Waals surface area contributed by atoms with Gasteiger partial charge in [-0.25, -0.2) is 0 Å². The summed E-state index contributed by atoms with van der Waals surface area (Å²) in [6, 6.07) is -0.00790. The normalized spacial score (nSPS) is 19.6. The Labute approximate surface area is 99.2 Å². The molecule has 94 valence electrons. The van der Waals surface area contributed by atoms with Crippen molar-refractivity contribution in [2.45, 2.75) is 65.0 Å². The second-order valence-corrected chi connectivity index (χ2v) is 5.53. The number of nitrogens with one attached hydrogen (secondary N) is 1. The molecule has 0 aromatic carbocycles. The van der Waals surface area contributed by atoms with Gasteiger partial charge in [0, 0.05) is 6.04 Å². The lowest BCUT2D eigenvalue weighted by Crippen LogP contribution is -2.45. The molecule has 0 bridgehead atoms. The van der Waals surface area contributed by atoms with E-state index >= 15 is 0 Å². The van der Waals surface area contributed by atoms with Crippen LogP contribution < -0.4 is 11.1 Å². The van der Waals surface area contributed by atoms with Crippen LogP contribution in [0.25, 0.3) is 0 Å². The minimum atomic E-state index is -0.340. The lowest BCUT2D eigenvalue weighted by atomic mass is 10.0. The first-order chi connectivity index (χ1) is 7.52. The number of carbonyl (C=O) groups excluding carboxylic acids is 1. The highest BCUT2D eigenvalue weighted by molar-refractivity contribution is 5.81. The highest BCUT2D eigenvalue weighted by atomic mass is 16.2. The summed E-state index contributed by atoms with van der Waals surface area (Å²) in [7, 11) is 0. The Kier molecular flexibility index (Phi) is 5.26. The lowest BCUT2D eigenvalue weighted by Gasteiger charge is -2.20. The quantitative estimate of drug-likeness (QED) is 0.698. The van der Waals surface area contributed by atoms with E-state index in [2.05, 4.69) is 26.1 Å². The van der Waals surface area contributed by atoms with E-state index in [4.69, 9.17) is 5.73 Å². The van der Waals surface area contributed by atoms with Gasteiger partial charge in [0.15, 0.2) is 0 Å². The molecular formula is C13H26N2O. The molecule has 0 saturated heterocycles. The Morgan fingerprint density at radius 2 is 2.06 bits per heavy atom. The van der Waals surface area contributed by atoms with Crippen LogP contribution in [0.15, 0.2) is 0 Å². The Morgan fingerprint density at radius 1 is 1.44 bits per heavy atom. The summed E-state index contributed by atoms with van der Waals surface area (Å²) < 4.78 is 0. The Hall–Kier alpha value is -0.570. The van der Waals surface area contributed by atoms with E-state index < -0.39 is 0 Å². The highest BCUT2D eigenvalue weighted by Gasteiger charge is 2.26. The van der Waals surface area contributed by atoms with Crippen LogP contribution >= 0.6 is 0 Å². The van der Waals surface area contributed by atoms with E-state index in [0.717, 1.165) is 25.2 Å². The Balaban J connectivity index is 2.28. The molecule has 2 atom stereocenters. The fourth-order valence-corrected chi connectivity index (χ4v) is 2.01. The van der Waals surface area contributed by atoms with Crippen LogP contribution in [-0.4, -0.2) is 18.0 Å². The van der Waals surface area contributed by atoms with Gasteiger partial charge in [-0.05, 0) is 31.1 Å². The summed E-state index contributed by atoms with van der Waals surface area (Å²) in [6.07, 6.45) is 5.59. The van der Waals surface area contributed by atoms with Crippen molar-refractivity contribution in [3.8, 4) is 0 Å². The highest BCUT2D eigenvalue weighted by Crippen LogP contribution is 2.34. The maximum Gasteiger partial charge on any atom is 0.237 e. The summed E-state index contributed by atoms with van der Waals surface area (Å²) in [5, 5.41) is 3.08. The largest absolute Gasteiger partial charge is 0.352 e. The van der Waals surface area contributed by atoms with Crippen molar-refractivity contribution in [3.63, 3.8) is 0 Å². The molecule has 1 saturated carbocycles. The smallest absolute Gasteiger partial charge is 0.237 e. The molecule has 0 aromatic rings. The van der Waals surface area contributed by atoms with E-state index in [1.54, 1.807) is 0 Å². The molecule has 1 aliphatic carbocycles. The molecule has 3 heteroatoms. The van der Waals surface area contributed by atoms with Gasteiger partial charge in [-0.1, -0.05) is 33.6 Å². The predicted molar refractivity (Wildman–Crippen MR) is 67.0 cm³/mol. The molecule has 1 aliphatic rings. The van der Waals surface area contributed by atoms with Gasteiger partial charge in [-0.15, -0.1) is 0 Å². The van der Waals surface area contributed by atoms with Gasteiger partial charge in [0.05, 0.1) is 6.04 Å². The van der Waals surface area contributed by atoms with Crippen molar-refractivity contribution in [1.29, 1.82) is 0 Å². The van der Waals surface area contributed by atoms with Gasteiger partial charge < -0.3 is 11.1 Å². The zero-order valence-electron chi connectivity index (χ0n) is 10.8. The average molecular weight is 226 g/mol. The van der Waals surface area contributed by atoms with Crippen molar-refractivity contribution in [3.05, 3.63) is 0 Å². The van der Waals surface area contributed by atoms with Gasteiger partial charge in [0.25, 0.3) is 0 Å². The van der Waals surface area contributed by atoms with E-state index in [1.807, 2.05) is 0 Å². The minimum Gasteiger partial charge on any atom is -0.352 e. The zero-order valence-corrected chi connectivity index (χ0v) is 10.8. The number of nitrogens with two attached hydrogens (primary N) is 1. The summed E-state index contributed by atoms with van der Waals surface area (Å²) in [5.74, 6) is 1.36. The molecule has 3 N–H and O–H groups in total. The third-order valence-corrected chi connectivity index (χ3v) is 3.22. The minimum absolute atomic E-state index is 0.0289. The maximum atomic E-state index is 11.8. The molecular weight excluding hydrogens is 200 g/mol. The first-order valence-electron chi connectivity index (χ1n) is 6.58. The van der Waals surface area contributed by atoms with E-state index in [-0.39, 0.29) is 11.9 Å². The van der Waals surface area contributed by atoms with Crippen LogP contribution in [0.3, 0.4) is 0 Å². The summed E-state index contributed by atoms with van der Waals surface area (Å²) in [4.78, 5) is 11.8. The molecule has 16 heavy (non-hydrogen) atoms. The molecule has 0 heterocycles. The monoisotopic (exact) mass is 226 g/mol. The number of carbonyl (C=O) groups is 1. The van der Waals surface area contributed by atoms with Gasteiger partial charge in [-0.3, -0.25) is 4.79 Å². The van der Waals surface area contributed by atoms with E-state index in [9.17, 15) is 4.79 Å². The van der Waals surface area contributed by atoms with E-state index in [0.29, 0.717) is 12.0 Å². The van der Waals surface area contributed by atoms with Crippen LogP contribution in [0.5, 0.6) is 0 Å². The second kappa shape index (κ2) is 6.24. The molecule has 3 nitrogen and oxygen atoms in total. The average Bonchev–Trinajstić information content (AvgIpc) is 2.99. The number of rotatable bonds is 7. The van der Waals surface area contributed by atoms with Crippen LogP contribution in [-0.2, 0) is 4.79 Å². The summed E-state index contributed by atoms with van der Waals surface area (Å²) in [5.41, 5.74) is 5.86. The van der Waals surface area contributed by atoms with Crippen molar-refractivity contribution in [2.24, 2.45) is 17.6 Å². The fraction of sp³-hybridized carbons (Fsp3) is 0.923. The van der Waals surface area contributed by atoms with Crippen molar-refractivity contribution >= 4 is 5.91 Å². The van der Waals surface area contributed by atoms with Gasteiger partial charge in [0.2, 0.25) is 5.91 Å². The maximum absolute atomic E-state index is 11.8. The third-order valence-electron chi connectivity index (χ3n) is 3.22. The predicted octanol–water partition coefficient (Wildman–Crippen LogP) is 2.05. The second-order valence-electron chi connectivity index (χ2n) is 5.53. The molecule has 1 fully saturated rings. The van der Waals surface area contributed by atoms with Crippen LogP contribution in [0.2, 0.25) is 0 Å². The molecule has 1 rings (SSSR count). The van der Waals surface area contributed by atoms with Gasteiger partial charge >= 0.3 is 0 Å². The van der Waals surface area contributed by atoms with Crippen LogP contribution in [0, 0.1) is 11.8 Å². The Morgan fingerprint density at radius 3 is 2.50 bits per heavy atom. The molecule has 0 spiro atoms. The zero-order chi connectivity index (χ0) is 12.1. The molecule has 0 aliphatic heterocycles. The van der Waals surface area contributed by atoms with Gasteiger partial charge in [0.1, 0.15) is 0 Å². The SMILES string of the molecule is CCC(CC1CC1)NC(=O)[C@H](N)CC(C)C. The van der Waals surface area contributed by atoms with Crippen molar-refractivity contribution in [1.82, 2.24) is 5.32 Å². The topological polar surface area (TPSA) is 55.1 Å². The fourth-order valence-electron chi connectivity index (χ4n) is 2.01. The van der Waals surface area contributed by atoms with Crippen LogP contribution in [0.4, 0.5) is 0 Å². The van der Waals surface area contributed by atoms with Crippen molar-refractivity contribution < 1.29 is 4.79 Å². The molecule has 0 aromatic heterocycles. The van der Waals surface area contributed by atoms with Crippen LogP contribution in [0.1, 0.15) is 52.9 Å². The first kappa shape index (κ1) is 13.5. The Bertz CT molecular complexity index is 224. The molecule has 1 amide bonds. The standard InChI is InChI=1S/C13H26N2O/c1-4-11(8-10-5-6-10)15-13(16)12(14)7-9(2)3/h9-12H,4-8,14H2,1-3H3,(H,15,16)/t11?,12-/m1/s1. The molecule has 1 unspecified atom stereocenters.